The fraction of sp³-hybridized carbons (Fsp3) is 0.214. The van der Waals surface area contributed by atoms with Crippen molar-refractivity contribution in [3.05, 3.63) is 52.9 Å². The van der Waals surface area contributed by atoms with Gasteiger partial charge in [0.25, 0.3) is 0 Å². The highest BCUT2D eigenvalue weighted by Crippen LogP contribution is 2.11. The van der Waals surface area contributed by atoms with E-state index in [4.69, 9.17) is 16.9 Å². The zero-order chi connectivity index (χ0) is 13.5. The van der Waals surface area contributed by atoms with Gasteiger partial charge in [0.05, 0.1) is 0 Å². The number of rotatable bonds is 5. The van der Waals surface area contributed by atoms with Gasteiger partial charge in [-0.3, -0.25) is 0 Å². The van der Waals surface area contributed by atoms with Crippen LogP contribution >= 0.6 is 11.6 Å². The first-order valence-corrected chi connectivity index (χ1v) is 6.37. The van der Waals surface area contributed by atoms with Gasteiger partial charge in [-0.05, 0) is 30.5 Å². The Hall–Kier alpha value is -2.12. The van der Waals surface area contributed by atoms with Crippen molar-refractivity contribution in [2.24, 2.45) is 0 Å². The van der Waals surface area contributed by atoms with Crippen LogP contribution in [0.3, 0.4) is 0 Å². The van der Waals surface area contributed by atoms with Crippen molar-refractivity contribution in [2.75, 3.05) is 11.9 Å². The molecular weight excluding hydrogens is 260 g/mol. The molecule has 96 valence electrons. The van der Waals surface area contributed by atoms with Gasteiger partial charge in [-0.25, -0.2) is 9.97 Å². The molecule has 0 saturated heterocycles. The second kappa shape index (κ2) is 6.72. The predicted molar refractivity (Wildman–Crippen MR) is 75.0 cm³/mol. The molecule has 0 aliphatic rings. The van der Waals surface area contributed by atoms with Crippen LogP contribution in [0.1, 0.15) is 17.7 Å². The van der Waals surface area contributed by atoms with E-state index in [-0.39, 0.29) is 0 Å². The quantitative estimate of drug-likeness (QED) is 0.850. The summed E-state index contributed by atoms with van der Waals surface area (Å²) in [6.45, 7) is 0.746. The Morgan fingerprint density at radius 2 is 1.89 bits per heavy atom. The number of hydrogen-bond donors (Lipinski definition) is 1. The molecule has 0 aliphatic carbocycles. The molecule has 0 spiro atoms. The molecule has 0 bridgehead atoms. The maximum absolute atomic E-state index is 8.87. The molecule has 2 rings (SSSR count). The van der Waals surface area contributed by atoms with E-state index in [1.807, 2.05) is 30.3 Å². The summed E-state index contributed by atoms with van der Waals surface area (Å²) in [7, 11) is 0. The smallest absolute Gasteiger partial charge is 0.182 e. The molecule has 0 amide bonds. The topological polar surface area (TPSA) is 61.6 Å². The third-order valence-corrected chi connectivity index (χ3v) is 2.90. The highest BCUT2D eigenvalue weighted by Gasteiger charge is 2.02. The highest BCUT2D eigenvalue weighted by atomic mass is 35.5. The third-order valence-electron chi connectivity index (χ3n) is 2.65. The summed E-state index contributed by atoms with van der Waals surface area (Å²) >= 11 is 5.83. The van der Waals surface area contributed by atoms with Crippen molar-refractivity contribution in [2.45, 2.75) is 12.8 Å². The molecule has 1 aromatic carbocycles. The molecular formula is C14H13ClN4. The predicted octanol–water partition coefficient (Wildman–Crippen LogP) is 3.05. The first-order valence-electron chi connectivity index (χ1n) is 5.99. The zero-order valence-corrected chi connectivity index (χ0v) is 11.1. The van der Waals surface area contributed by atoms with Crippen LogP contribution in [0.5, 0.6) is 0 Å². The molecule has 1 heterocycles. The number of nitriles is 1. The van der Waals surface area contributed by atoms with Gasteiger partial charge in [-0.15, -0.1) is 0 Å². The van der Waals surface area contributed by atoms with Crippen molar-refractivity contribution in [1.82, 2.24) is 9.97 Å². The van der Waals surface area contributed by atoms with E-state index in [0.717, 1.165) is 24.4 Å². The minimum Gasteiger partial charge on any atom is -0.368 e. The number of halogens is 1. The Labute approximate surface area is 117 Å². The third kappa shape index (κ3) is 3.94. The lowest BCUT2D eigenvalue weighted by atomic mass is 10.1. The molecule has 0 atom stereocenters. The van der Waals surface area contributed by atoms with Crippen molar-refractivity contribution < 1.29 is 0 Å². The van der Waals surface area contributed by atoms with Crippen LogP contribution in [-0.4, -0.2) is 16.5 Å². The van der Waals surface area contributed by atoms with Gasteiger partial charge >= 0.3 is 0 Å². The van der Waals surface area contributed by atoms with E-state index in [0.29, 0.717) is 11.5 Å². The lowest BCUT2D eigenvalue weighted by Gasteiger charge is -2.06. The maximum Gasteiger partial charge on any atom is 0.182 e. The Morgan fingerprint density at radius 1 is 1.16 bits per heavy atom. The molecule has 4 nitrogen and oxygen atoms in total. The van der Waals surface area contributed by atoms with E-state index in [1.54, 1.807) is 6.20 Å². The average molecular weight is 273 g/mol. The van der Waals surface area contributed by atoms with Crippen LogP contribution in [0.4, 0.5) is 5.82 Å². The SMILES string of the molecule is N#Cc1nccnc1NCCCc1ccc(Cl)cc1. The summed E-state index contributed by atoms with van der Waals surface area (Å²) in [5.41, 5.74) is 1.57. The van der Waals surface area contributed by atoms with Crippen molar-refractivity contribution in [3.8, 4) is 6.07 Å². The van der Waals surface area contributed by atoms with Crippen LogP contribution in [-0.2, 0) is 6.42 Å². The van der Waals surface area contributed by atoms with Crippen LogP contribution in [0, 0.1) is 11.3 Å². The van der Waals surface area contributed by atoms with E-state index < -0.39 is 0 Å². The maximum atomic E-state index is 8.87. The summed E-state index contributed by atoms with van der Waals surface area (Å²) in [4.78, 5) is 8.04. The molecule has 1 aromatic heterocycles. The van der Waals surface area contributed by atoms with Gasteiger partial charge in [0.2, 0.25) is 0 Å². The lowest BCUT2D eigenvalue weighted by Crippen LogP contribution is -2.07. The highest BCUT2D eigenvalue weighted by molar-refractivity contribution is 6.30. The number of aryl methyl sites for hydroxylation is 1. The average Bonchev–Trinajstić information content (AvgIpc) is 2.46. The fourth-order valence-corrected chi connectivity index (χ4v) is 1.83. The normalized spacial score (nSPS) is 9.89. The Morgan fingerprint density at radius 3 is 2.63 bits per heavy atom. The zero-order valence-electron chi connectivity index (χ0n) is 10.3. The van der Waals surface area contributed by atoms with E-state index >= 15 is 0 Å². The lowest BCUT2D eigenvalue weighted by molar-refractivity contribution is 0.857. The summed E-state index contributed by atoms with van der Waals surface area (Å²) in [5.74, 6) is 0.543. The van der Waals surface area contributed by atoms with Crippen molar-refractivity contribution >= 4 is 17.4 Å². The van der Waals surface area contributed by atoms with Crippen molar-refractivity contribution in [1.29, 1.82) is 5.26 Å². The van der Waals surface area contributed by atoms with Crippen LogP contribution < -0.4 is 5.32 Å². The molecule has 0 fully saturated rings. The molecule has 0 radical (unpaired) electrons. The Kier molecular flexibility index (Phi) is 4.71. The van der Waals surface area contributed by atoms with Gasteiger partial charge in [0, 0.05) is 24.0 Å². The number of nitrogens with zero attached hydrogens (tertiary/aromatic N) is 3. The number of aromatic nitrogens is 2. The van der Waals surface area contributed by atoms with E-state index in [2.05, 4.69) is 15.3 Å². The molecule has 0 saturated carbocycles. The summed E-state index contributed by atoms with van der Waals surface area (Å²) < 4.78 is 0. The van der Waals surface area contributed by atoms with Gasteiger partial charge in [-0.1, -0.05) is 23.7 Å². The number of anilines is 1. The van der Waals surface area contributed by atoms with Gasteiger partial charge in [0.15, 0.2) is 11.5 Å². The molecule has 5 heteroatoms. The first kappa shape index (κ1) is 13.3. The van der Waals surface area contributed by atoms with Crippen molar-refractivity contribution in [3.63, 3.8) is 0 Å². The van der Waals surface area contributed by atoms with Crippen LogP contribution in [0.2, 0.25) is 5.02 Å². The Balaban J connectivity index is 1.81. The molecule has 0 unspecified atom stereocenters. The summed E-state index contributed by atoms with van der Waals surface area (Å²) in [6, 6.07) is 9.83. The molecule has 19 heavy (non-hydrogen) atoms. The van der Waals surface area contributed by atoms with E-state index in [9.17, 15) is 0 Å². The number of hydrogen-bond acceptors (Lipinski definition) is 4. The largest absolute Gasteiger partial charge is 0.368 e. The molecule has 2 aromatic rings. The summed E-state index contributed by atoms with van der Waals surface area (Å²) in [6.07, 6.45) is 4.98. The minimum absolute atomic E-state index is 0.328. The van der Waals surface area contributed by atoms with E-state index in [1.165, 1.54) is 11.8 Å². The minimum atomic E-state index is 0.328. The van der Waals surface area contributed by atoms with Gasteiger partial charge < -0.3 is 5.32 Å². The number of nitrogens with one attached hydrogen (secondary N) is 1. The number of benzene rings is 1. The monoisotopic (exact) mass is 272 g/mol. The molecule has 1 N–H and O–H groups in total. The summed E-state index contributed by atoms with van der Waals surface area (Å²) in [5, 5.41) is 12.7. The standard InChI is InChI=1S/C14H13ClN4/c15-12-5-3-11(4-6-12)2-1-7-18-14-13(10-16)17-8-9-19-14/h3-6,8-9H,1-2,7H2,(H,18,19). The second-order valence-corrected chi connectivity index (χ2v) is 4.46. The fourth-order valence-electron chi connectivity index (χ4n) is 1.70. The van der Waals surface area contributed by atoms with Gasteiger partial charge in [-0.2, -0.15) is 5.26 Å². The first-order chi connectivity index (χ1) is 9.29. The second-order valence-electron chi connectivity index (χ2n) is 4.02. The van der Waals surface area contributed by atoms with Crippen LogP contribution in [0.15, 0.2) is 36.7 Å². The van der Waals surface area contributed by atoms with Crippen LogP contribution in [0.25, 0.3) is 0 Å². The molecule has 0 aliphatic heterocycles. The Bertz CT molecular complexity index is 575. The van der Waals surface area contributed by atoms with Gasteiger partial charge in [0.1, 0.15) is 6.07 Å².